The highest BCUT2D eigenvalue weighted by Crippen LogP contribution is 2.06. The number of aromatic nitrogens is 1. The number of carboxylic acid groups (broad SMARTS) is 1. The fourth-order valence-corrected chi connectivity index (χ4v) is 1.80. The largest absolute Gasteiger partial charge is 0.465 e. The van der Waals surface area contributed by atoms with Crippen molar-refractivity contribution in [2.45, 2.75) is 6.54 Å². The standard InChI is InChI=1S/C10H15N3O2/c14-10(15)13-6-4-12(5-7-13)8-9-2-1-3-11-9/h1-3,11H,4-8H2,(H,14,15). The van der Waals surface area contributed by atoms with Gasteiger partial charge in [0.1, 0.15) is 0 Å². The third-order valence-electron chi connectivity index (χ3n) is 2.70. The van der Waals surface area contributed by atoms with E-state index in [-0.39, 0.29) is 0 Å². The minimum atomic E-state index is -0.811. The van der Waals surface area contributed by atoms with Gasteiger partial charge >= 0.3 is 6.09 Å². The molecule has 0 atom stereocenters. The zero-order valence-electron chi connectivity index (χ0n) is 8.52. The lowest BCUT2D eigenvalue weighted by atomic mass is 10.3. The van der Waals surface area contributed by atoms with Crippen molar-refractivity contribution in [1.82, 2.24) is 14.8 Å². The SMILES string of the molecule is O=C(O)N1CCN(Cc2ccc[nH]2)CC1. The van der Waals surface area contributed by atoms with Crippen molar-refractivity contribution in [3.63, 3.8) is 0 Å². The summed E-state index contributed by atoms with van der Waals surface area (Å²) in [7, 11) is 0. The number of rotatable bonds is 2. The normalized spacial score (nSPS) is 18.0. The summed E-state index contributed by atoms with van der Waals surface area (Å²) in [5.74, 6) is 0. The number of hydrogen-bond donors (Lipinski definition) is 2. The Morgan fingerprint density at radius 1 is 1.40 bits per heavy atom. The molecular formula is C10H15N3O2. The topological polar surface area (TPSA) is 59.6 Å². The van der Waals surface area contributed by atoms with E-state index >= 15 is 0 Å². The van der Waals surface area contributed by atoms with Crippen molar-refractivity contribution in [3.05, 3.63) is 24.0 Å². The van der Waals surface area contributed by atoms with Crippen molar-refractivity contribution in [1.29, 1.82) is 0 Å². The first-order chi connectivity index (χ1) is 7.25. The van der Waals surface area contributed by atoms with E-state index in [1.807, 2.05) is 18.3 Å². The van der Waals surface area contributed by atoms with Crippen molar-refractivity contribution >= 4 is 6.09 Å². The van der Waals surface area contributed by atoms with E-state index in [4.69, 9.17) is 5.11 Å². The van der Waals surface area contributed by atoms with Gasteiger partial charge in [-0.2, -0.15) is 0 Å². The average molecular weight is 209 g/mol. The van der Waals surface area contributed by atoms with Crippen molar-refractivity contribution in [2.24, 2.45) is 0 Å². The van der Waals surface area contributed by atoms with Gasteiger partial charge in [-0.1, -0.05) is 0 Å². The quantitative estimate of drug-likeness (QED) is 0.757. The molecule has 1 aliphatic rings. The van der Waals surface area contributed by atoms with Gasteiger partial charge < -0.3 is 15.0 Å². The van der Waals surface area contributed by atoms with Crippen molar-refractivity contribution < 1.29 is 9.90 Å². The maximum Gasteiger partial charge on any atom is 0.407 e. The van der Waals surface area contributed by atoms with Gasteiger partial charge in [0.2, 0.25) is 0 Å². The van der Waals surface area contributed by atoms with Crippen LogP contribution in [0.4, 0.5) is 4.79 Å². The van der Waals surface area contributed by atoms with Crippen molar-refractivity contribution in [3.8, 4) is 0 Å². The summed E-state index contributed by atoms with van der Waals surface area (Å²) < 4.78 is 0. The summed E-state index contributed by atoms with van der Waals surface area (Å²) in [6, 6.07) is 4.02. The second-order valence-corrected chi connectivity index (χ2v) is 3.74. The predicted molar refractivity (Wildman–Crippen MR) is 55.7 cm³/mol. The van der Waals surface area contributed by atoms with Gasteiger partial charge in [0.05, 0.1) is 0 Å². The van der Waals surface area contributed by atoms with Crippen LogP contribution in [-0.2, 0) is 6.54 Å². The molecule has 2 heterocycles. The minimum absolute atomic E-state index is 0.607. The zero-order chi connectivity index (χ0) is 10.7. The van der Waals surface area contributed by atoms with Crippen LogP contribution >= 0.6 is 0 Å². The van der Waals surface area contributed by atoms with Gasteiger partial charge in [-0.25, -0.2) is 4.79 Å². The minimum Gasteiger partial charge on any atom is -0.465 e. The number of piperazine rings is 1. The van der Waals surface area contributed by atoms with Crippen LogP contribution in [0.15, 0.2) is 18.3 Å². The molecule has 1 aromatic rings. The molecule has 0 unspecified atom stereocenters. The zero-order valence-corrected chi connectivity index (χ0v) is 8.52. The van der Waals surface area contributed by atoms with Crippen LogP contribution in [0.5, 0.6) is 0 Å². The van der Waals surface area contributed by atoms with Crippen LogP contribution in [0, 0.1) is 0 Å². The molecule has 15 heavy (non-hydrogen) atoms. The summed E-state index contributed by atoms with van der Waals surface area (Å²) in [6.07, 6.45) is 1.09. The van der Waals surface area contributed by atoms with E-state index < -0.39 is 6.09 Å². The number of H-pyrrole nitrogens is 1. The number of aromatic amines is 1. The van der Waals surface area contributed by atoms with E-state index in [0.717, 1.165) is 19.6 Å². The maximum atomic E-state index is 10.7. The van der Waals surface area contributed by atoms with Gasteiger partial charge in [0, 0.05) is 44.6 Å². The van der Waals surface area contributed by atoms with E-state index in [9.17, 15) is 4.79 Å². The highest BCUT2D eigenvalue weighted by atomic mass is 16.4. The van der Waals surface area contributed by atoms with Gasteiger partial charge in [-0.15, -0.1) is 0 Å². The fraction of sp³-hybridized carbons (Fsp3) is 0.500. The first-order valence-electron chi connectivity index (χ1n) is 5.08. The molecule has 0 radical (unpaired) electrons. The molecule has 2 N–H and O–H groups in total. The van der Waals surface area contributed by atoms with Crippen LogP contribution in [0.25, 0.3) is 0 Å². The smallest absolute Gasteiger partial charge is 0.407 e. The fourth-order valence-electron chi connectivity index (χ4n) is 1.80. The number of carbonyl (C=O) groups is 1. The van der Waals surface area contributed by atoms with Crippen LogP contribution in [-0.4, -0.2) is 52.2 Å². The molecule has 0 spiro atoms. The lowest BCUT2D eigenvalue weighted by Crippen LogP contribution is -2.47. The molecule has 1 aliphatic heterocycles. The maximum absolute atomic E-state index is 10.7. The monoisotopic (exact) mass is 209 g/mol. The van der Waals surface area contributed by atoms with E-state index in [1.54, 1.807) is 0 Å². The Bertz CT molecular complexity index is 315. The first kappa shape index (κ1) is 10.0. The Morgan fingerprint density at radius 3 is 2.67 bits per heavy atom. The molecule has 5 nitrogen and oxygen atoms in total. The second kappa shape index (κ2) is 4.35. The van der Waals surface area contributed by atoms with Crippen molar-refractivity contribution in [2.75, 3.05) is 26.2 Å². The molecule has 1 aromatic heterocycles. The summed E-state index contributed by atoms with van der Waals surface area (Å²) in [6.45, 7) is 3.71. The summed E-state index contributed by atoms with van der Waals surface area (Å²) in [4.78, 5) is 17.5. The predicted octanol–water partition coefficient (Wildman–Crippen LogP) is 0.810. The Balaban J connectivity index is 1.81. The number of amides is 1. The molecule has 2 rings (SSSR count). The number of nitrogens with one attached hydrogen (secondary N) is 1. The number of nitrogens with zero attached hydrogens (tertiary/aromatic N) is 2. The third-order valence-corrected chi connectivity index (χ3v) is 2.70. The molecule has 1 saturated heterocycles. The lowest BCUT2D eigenvalue weighted by Gasteiger charge is -2.32. The van der Waals surface area contributed by atoms with E-state index in [0.29, 0.717) is 13.1 Å². The van der Waals surface area contributed by atoms with E-state index in [2.05, 4.69) is 9.88 Å². The molecule has 0 saturated carbocycles. The average Bonchev–Trinajstić information content (AvgIpc) is 2.71. The highest BCUT2D eigenvalue weighted by molar-refractivity contribution is 5.65. The number of hydrogen-bond acceptors (Lipinski definition) is 2. The van der Waals surface area contributed by atoms with Gasteiger partial charge in [0.15, 0.2) is 0 Å². The lowest BCUT2D eigenvalue weighted by molar-refractivity contribution is 0.102. The Morgan fingerprint density at radius 2 is 2.13 bits per heavy atom. The van der Waals surface area contributed by atoms with Gasteiger partial charge in [-0.3, -0.25) is 4.90 Å². The molecular weight excluding hydrogens is 194 g/mol. The summed E-state index contributed by atoms with van der Waals surface area (Å²) in [5.41, 5.74) is 1.18. The van der Waals surface area contributed by atoms with Crippen LogP contribution in [0.2, 0.25) is 0 Å². The van der Waals surface area contributed by atoms with Gasteiger partial charge in [0.25, 0.3) is 0 Å². The Kier molecular flexibility index (Phi) is 2.91. The second-order valence-electron chi connectivity index (χ2n) is 3.74. The molecule has 1 fully saturated rings. The molecule has 0 aliphatic carbocycles. The molecule has 1 amide bonds. The molecule has 82 valence electrons. The third kappa shape index (κ3) is 2.50. The van der Waals surface area contributed by atoms with Crippen LogP contribution in [0.1, 0.15) is 5.69 Å². The first-order valence-corrected chi connectivity index (χ1v) is 5.08. The van der Waals surface area contributed by atoms with Crippen LogP contribution in [0.3, 0.4) is 0 Å². The summed E-state index contributed by atoms with van der Waals surface area (Å²) in [5, 5.41) is 8.78. The highest BCUT2D eigenvalue weighted by Gasteiger charge is 2.20. The van der Waals surface area contributed by atoms with E-state index in [1.165, 1.54) is 10.6 Å². The van der Waals surface area contributed by atoms with Crippen LogP contribution < -0.4 is 0 Å². The van der Waals surface area contributed by atoms with Gasteiger partial charge in [-0.05, 0) is 12.1 Å². The molecule has 0 aromatic carbocycles. The summed E-state index contributed by atoms with van der Waals surface area (Å²) >= 11 is 0. The Labute approximate surface area is 88.3 Å². The molecule has 5 heteroatoms. The Hall–Kier alpha value is -1.49. The molecule has 0 bridgehead atoms.